The molecular formula is C4H4N2S2. The highest BCUT2D eigenvalue weighted by atomic mass is 32.1. The van der Waals surface area contributed by atoms with Crippen LogP contribution in [0.25, 0.3) is 0 Å². The lowest BCUT2D eigenvalue weighted by atomic mass is 11.0. The topological polar surface area (TPSA) is 24.7 Å². The zero-order valence-electron chi connectivity index (χ0n) is 4.29. The van der Waals surface area contributed by atoms with Crippen molar-refractivity contribution < 1.29 is 0 Å². The highest BCUT2D eigenvalue weighted by Gasteiger charge is 1.46. The maximum Gasteiger partial charge on any atom is 0.0879 e. The molecule has 0 amide bonds. The first-order valence-electron chi connectivity index (χ1n) is 1.87. The summed E-state index contributed by atoms with van der Waals surface area (Å²) >= 11 is 4.23. The minimum atomic E-state index is 1.33. The van der Waals surface area contributed by atoms with Gasteiger partial charge in [-0.3, -0.25) is 0 Å². The molecule has 8 heavy (non-hydrogen) atoms. The van der Waals surface area contributed by atoms with Crippen molar-refractivity contribution in [1.82, 2.24) is 0 Å². The Bertz CT molecular complexity index is 190. The number of isothiocyanates is 2. The van der Waals surface area contributed by atoms with Crippen molar-refractivity contribution >= 4 is 38.8 Å². The predicted octanol–water partition coefficient (Wildman–Crippen LogP) is 1.46. The largest absolute Gasteiger partial charge is 0.0879 e. The fourth-order valence-corrected chi connectivity index (χ4v) is 0.351. The summed E-state index contributed by atoms with van der Waals surface area (Å²) in [6, 6.07) is 0. The highest BCUT2D eigenvalue weighted by Crippen LogP contribution is 1.62. The molecule has 0 aliphatic heterocycles. The predicted molar refractivity (Wildman–Crippen MR) is 41.8 cm³/mol. The van der Waals surface area contributed by atoms with Gasteiger partial charge in [0.1, 0.15) is 0 Å². The molecule has 0 unspecified atom stereocenters. The molecule has 0 aromatic heterocycles. The third-order valence-electron chi connectivity index (χ3n) is 0.302. The Morgan fingerprint density at radius 1 is 1.62 bits per heavy atom. The summed E-state index contributed by atoms with van der Waals surface area (Å²) in [4.78, 5) is 0. The summed E-state index contributed by atoms with van der Waals surface area (Å²) in [5.74, 6) is 0. The van der Waals surface area contributed by atoms with Crippen LogP contribution in [-0.2, 0) is 0 Å². The number of thiocarbonyl (C=S) groups is 1. The first-order chi connectivity index (χ1) is 3.91. The fourth-order valence-electron chi connectivity index (χ4n) is 0.117. The molecule has 0 spiro atoms. The number of rotatable bonds is 1. The molecule has 0 bridgehead atoms. The second-order valence-corrected chi connectivity index (χ2v) is 1.81. The van der Waals surface area contributed by atoms with Crippen molar-refractivity contribution in [2.24, 2.45) is 10.2 Å². The van der Waals surface area contributed by atoms with Gasteiger partial charge in [-0.05, 0) is 24.5 Å². The molecule has 0 aromatic carbocycles. The average molecular weight is 144 g/mol. The van der Waals surface area contributed by atoms with E-state index in [1.807, 2.05) is 12.3 Å². The summed E-state index contributed by atoms with van der Waals surface area (Å²) < 4.78 is 0. The summed E-state index contributed by atoms with van der Waals surface area (Å²) in [5.41, 5.74) is 0. The van der Waals surface area contributed by atoms with E-state index in [4.69, 9.17) is 0 Å². The van der Waals surface area contributed by atoms with Gasteiger partial charge < -0.3 is 0 Å². The number of nitrogens with zero attached hydrogens (tertiary/aromatic N) is 2. The van der Waals surface area contributed by atoms with Gasteiger partial charge in [-0.15, -0.1) is 0 Å². The fraction of sp³-hybridized carbons (Fsp3) is 0.250. The van der Waals surface area contributed by atoms with Crippen LogP contribution in [0.5, 0.6) is 0 Å². The molecule has 0 saturated carbocycles. The quantitative estimate of drug-likeness (QED) is 0.311. The summed E-state index contributed by atoms with van der Waals surface area (Å²) in [6.07, 6.45) is 0. The van der Waals surface area contributed by atoms with E-state index in [1.165, 1.54) is 10.9 Å². The second kappa shape index (κ2) is 6.47. The minimum absolute atomic E-state index is 1.33. The van der Waals surface area contributed by atoms with E-state index >= 15 is 0 Å². The van der Waals surface area contributed by atoms with Crippen LogP contribution in [0.2, 0.25) is 0 Å². The maximum absolute atomic E-state index is 4.23. The Kier molecular flexibility index (Phi) is 6.04. The van der Waals surface area contributed by atoms with Crippen molar-refractivity contribution in [2.75, 3.05) is 0 Å². The number of hydrogen-bond donors (Lipinski definition) is 0. The van der Waals surface area contributed by atoms with E-state index < -0.39 is 0 Å². The molecule has 0 aromatic rings. The van der Waals surface area contributed by atoms with Crippen LogP contribution in [0.15, 0.2) is 10.2 Å². The van der Waals surface area contributed by atoms with Crippen LogP contribution in [-0.4, -0.2) is 15.7 Å². The van der Waals surface area contributed by atoms with Crippen LogP contribution in [0.3, 0.4) is 0 Å². The van der Waals surface area contributed by atoms with Crippen LogP contribution in [0.1, 0.15) is 6.92 Å². The van der Waals surface area contributed by atoms with E-state index in [1.54, 1.807) is 0 Å². The van der Waals surface area contributed by atoms with Gasteiger partial charge in [0.15, 0.2) is 0 Å². The van der Waals surface area contributed by atoms with Crippen molar-refractivity contribution in [3.05, 3.63) is 0 Å². The van der Waals surface area contributed by atoms with Gasteiger partial charge >= 0.3 is 0 Å². The Morgan fingerprint density at radius 2 is 2.38 bits per heavy atom. The SMILES string of the molecule is CC=S=C=NN=C=S. The molecule has 0 aliphatic rings. The molecule has 0 aliphatic carbocycles. The van der Waals surface area contributed by atoms with E-state index in [0.29, 0.717) is 0 Å². The van der Waals surface area contributed by atoms with Crippen LogP contribution in [0, 0.1) is 0 Å². The van der Waals surface area contributed by atoms with Gasteiger partial charge in [-0.2, -0.15) is 0 Å². The van der Waals surface area contributed by atoms with Gasteiger partial charge in [0.25, 0.3) is 0 Å². The first-order valence-corrected chi connectivity index (χ1v) is 3.16. The average Bonchev–Trinajstić information content (AvgIpc) is 1.81. The lowest BCUT2D eigenvalue weighted by Gasteiger charge is -1.53. The highest BCUT2D eigenvalue weighted by molar-refractivity contribution is 7.95. The normalized spacial score (nSPS) is 5.62. The zero-order valence-corrected chi connectivity index (χ0v) is 5.92. The molecule has 0 heterocycles. The van der Waals surface area contributed by atoms with E-state index in [2.05, 4.69) is 32.7 Å². The van der Waals surface area contributed by atoms with Crippen molar-refractivity contribution in [3.8, 4) is 0 Å². The minimum Gasteiger partial charge on any atom is -0.0848 e. The smallest absolute Gasteiger partial charge is 0.0848 e. The van der Waals surface area contributed by atoms with Crippen molar-refractivity contribution in [3.63, 3.8) is 0 Å². The van der Waals surface area contributed by atoms with Gasteiger partial charge in [-0.1, -0.05) is 21.1 Å². The number of hydrogen-bond acceptors (Lipinski definition) is 3. The monoisotopic (exact) mass is 144 g/mol. The van der Waals surface area contributed by atoms with Gasteiger partial charge in [0, 0.05) is 0 Å². The lowest BCUT2D eigenvalue weighted by Crippen LogP contribution is -1.44. The van der Waals surface area contributed by atoms with Gasteiger partial charge in [0.05, 0.1) is 10.3 Å². The third-order valence-corrected chi connectivity index (χ3v) is 0.807. The molecule has 0 rings (SSSR count). The van der Waals surface area contributed by atoms with Gasteiger partial charge in [0.2, 0.25) is 0 Å². The third kappa shape index (κ3) is 5.47. The standard InChI is InChI=1S/C4H4N2S2/c1-2-8-4-6-5-3-7/h2H,1H3. The molecule has 0 N–H and O–H groups in total. The van der Waals surface area contributed by atoms with E-state index in [0.717, 1.165) is 0 Å². The van der Waals surface area contributed by atoms with Crippen LogP contribution >= 0.6 is 23.2 Å². The van der Waals surface area contributed by atoms with Crippen molar-refractivity contribution in [1.29, 1.82) is 0 Å². The molecule has 0 saturated heterocycles. The Balaban J connectivity index is 4.03. The first kappa shape index (κ1) is 7.47. The Labute approximate surface area is 56.5 Å². The molecule has 2 nitrogen and oxygen atoms in total. The Hall–Kier alpha value is -0.530. The maximum atomic E-state index is 4.23. The second-order valence-electron chi connectivity index (χ2n) is 0.736. The van der Waals surface area contributed by atoms with E-state index in [-0.39, 0.29) is 0 Å². The van der Waals surface area contributed by atoms with E-state index in [9.17, 15) is 0 Å². The van der Waals surface area contributed by atoms with Gasteiger partial charge in [-0.25, -0.2) is 0 Å². The molecule has 42 valence electrons. The lowest BCUT2D eigenvalue weighted by molar-refractivity contribution is 1.29. The zero-order chi connectivity index (χ0) is 6.24. The van der Waals surface area contributed by atoms with Crippen LogP contribution in [0.4, 0.5) is 0 Å². The molecule has 0 fully saturated rings. The summed E-state index contributed by atoms with van der Waals surface area (Å²) in [6.45, 7) is 1.88. The summed E-state index contributed by atoms with van der Waals surface area (Å²) in [5, 5.41) is 13.1. The van der Waals surface area contributed by atoms with Crippen molar-refractivity contribution in [2.45, 2.75) is 6.92 Å². The summed E-state index contributed by atoms with van der Waals surface area (Å²) in [7, 11) is 1.33. The van der Waals surface area contributed by atoms with Crippen LogP contribution < -0.4 is 0 Å². The molecular weight excluding hydrogens is 140 g/mol. The molecule has 0 atom stereocenters. The molecule has 0 radical (unpaired) electrons. The Morgan fingerprint density at radius 3 is 2.88 bits per heavy atom. The molecule has 4 heteroatoms.